The summed E-state index contributed by atoms with van der Waals surface area (Å²) in [6.07, 6.45) is 0. The molecule has 0 aromatic carbocycles. The van der Waals surface area contributed by atoms with Crippen molar-refractivity contribution in [2.75, 3.05) is 0 Å². The Kier molecular flexibility index (Phi) is 4.48. The molecule has 20 heavy (non-hydrogen) atoms. The van der Waals surface area contributed by atoms with E-state index in [9.17, 15) is 8.42 Å². The fourth-order valence-corrected chi connectivity index (χ4v) is 4.42. The van der Waals surface area contributed by atoms with Gasteiger partial charge in [0.2, 0.25) is 5.89 Å². The number of sulfonamides is 1. The monoisotopic (exact) mass is 335 g/mol. The minimum absolute atomic E-state index is 0.0416. The summed E-state index contributed by atoms with van der Waals surface area (Å²) in [7, 11) is -3.67. The summed E-state index contributed by atoms with van der Waals surface area (Å²) in [5.74, 6) is 0.674. The van der Waals surface area contributed by atoms with Crippen LogP contribution in [0.2, 0.25) is 4.34 Å². The number of halogens is 1. The lowest BCUT2D eigenvalue weighted by molar-refractivity contribution is 0.310. The Bertz CT molecular complexity index is 693. The van der Waals surface area contributed by atoms with E-state index < -0.39 is 16.1 Å². The van der Waals surface area contributed by atoms with E-state index in [1.54, 1.807) is 13.0 Å². The molecule has 9 heteroatoms. The summed E-state index contributed by atoms with van der Waals surface area (Å²) in [4.78, 5) is 4.09. The van der Waals surface area contributed by atoms with Crippen molar-refractivity contribution in [1.82, 2.24) is 14.9 Å². The highest BCUT2D eigenvalue weighted by atomic mass is 35.5. The first-order valence-electron chi connectivity index (χ1n) is 5.87. The van der Waals surface area contributed by atoms with Gasteiger partial charge in [-0.2, -0.15) is 9.71 Å². The van der Waals surface area contributed by atoms with E-state index in [-0.39, 0.29) is 16.0 Å². The molecule has 0 aliphatic rings. The third kappa shape index (κ3) is 3.38. The molecule has 0 aliphatic carbocycles. The van der Waals surface area contributed by atoms with Gasteiger partial charge in [-0.3, -0.25) is 0 Å². The minimum atomic E-state index is -3.67. The first-order valence-corrected chi connectivity index (χ1v) is 8.55. The van der Waals surface area contributed by atoms with E-state index in [2.05, 4.69) is 14.9 Å². The predicted molar refractivity (Wildman–Crippen MR) is 76.3 cm³/mol. The van der Waals surface area contributed by atoms with Crippen LogP contribution in [0.15, 0.2) is 20.9 Å². The Labute approximate surface area is 126 Å². The van der Waals surface area contributed by atoms with Crippen molar-refractivity contribution in [2.24, 2.45) is 5.92 Å². The standard InChI is InChI=1S/C11H14ClN3O3S2/c1-6(2)10(11-13-7(3)14-18-11)15-20(16,17)9-5-4-8(12)19-9/h4-6,10,15H,1-3H3/t10-/m0/s1. The number of hydrogen-bond acceptors (Lipinski definition) is 6. The second-order valence-corrected chi connectivity index (χ2v) is 8.24. The van der Waals surface area contributed by atoms with Gasteiger partial charge < -0.3 is 4.52 Å². The van der Waals surface area contributed by atoms with Gasteiger partial charge in [-0.25, -0.2) is 8.42 Å². The Morgan fingerprint density at radius 3 is 2.55 bits per heavy atom. The van der Waals surface area contributed by atoms with Gasteiger partial charge in [-0.15, -0.1) is 11.3 Å². The molecule has 0 spiro atoms. The number of rotatable bonds is 5. The molecule has 0 aliphatic heterocycles. The van der Waals surface area contributed by atoms with Gasteiger partial charge in [-0.05, 0) is 25.0 Å². The van der Waals surface area contributed by atoms with Crippen LogP contribution in [0, 0.1) is 12.8 Å². The molecule has 2 heterocycles. The number of aryl methyl sites for hydroxylation is 1. The van der Waals surface area contributed by atoms with Crippen LogP contribution in [0.3, 0.4) is 0 Å². The fraction of sp³-hybridized carbons (Fsp3) is 0.455. The zero-order valence-electron chi connectivity index (χ0n) is 11.1. The number of hydrogen-bond donors (Lipinski definition) is 1. The number of aromatic nitrogens is 2. The van der Waals surface area contributed by atoms with E-state index in [1.807, 2.05) is 13.8 Å². The third-order valence-electron chi connectivity index (χ3n) is 2.57. The van der Waals surface area contributed by atoms with E-state index in [4.69, 9.17) is 16.1 Å². The molecule has 0 saturated carbocycles. The average molecular weight is 336 g/mol. The van der Waals surface area contributed by atoms with E-state index in [0.717, 1.165) is 11.3 Å². The molecule has 0 radical (unpaired) electrons. The van der Waals surface area contributed by atoms with Gasteiger partial charge in [0.25, 0.3) is 10.0 Å². The Morgan fingerprint density at radius 2 is 2.10 bits per heavy atom. The molecule has 2 aromatic heterocycles. The highest BCUT2D eigenvalue weighted by molar-refractivity contribution is 7.91. The van der Waals surface area contributed by atoms with Crippen molar-refractivity contribution in [3.8, 4) is 0 Å². The van der Waals surface area contributed by atoms with Gasteiger partial charge in [0.15, 0.2) is 5.82 Å². The van der Waals surface area contributed by atoms with Crippen LogP contribution in [0.1, 0.15) is 31.6 Å². The largest absolute Gasteiger partial charge is 0.338 e. The highest BCUT2D eigenvalue weighted by Crippen LogP contribution is 2.28. The predicted octanol–water partition coefficient (Wildman–Crippen LogP) is 2.77. The molecule has 110 valence electrons. The van der Waals surface area contributed by atoms with Crippen molar-refractivity contribution >= 4 is 33.0 Å². The van der Waals surface area contributed by atoms with Crippen LogP contribution in [0.5, 0.6) is 0 Å². The molecule has 2 aromatic rings. The molecule has 0 saturated heterocycles. The molecule has 1 atom stereocenters. The molecule has 0 amide bonds. The second-order valence-electron chi connectivity index (χ2n) is 4.58. The average Bonchev–Trinajstić information content (AvgIpc) is 2.95. The van der Waals surface area contributed by atoms with Crippen LogP contribution >= 0.6 is 22.9 Å². The molecule has 0 unspecified atom stereocenters. The number of nitrogens with one attached hydrogen (secondary N) is 1. The van der Waals surface area contributed by atoms with Crippen LogP contribution in [-0.2, 0) is 10.0 Å². The normalized spacial score (nSPS) is 13.8. The second kappa shape index (κ2) is 5.80. The first kappa shape index (κ1) is 15.4. The summed E-state index contributed by atoms with van der Waals surface area (Å²) >= 11 is 6.77. The fourth-order valence-electron chi connectivity index (χ4n) is 1.58. The van der Waals surface area contributed by atoms with E-state index >= 15 is 0 Å². The summed E-state index contributed by atoms with van der Waals surface area (Å²) < 4.78 is 32.8. The number of thiophene rings is 1. The van der Waals surface area contributed by atoms with Crippen molar-refractivity contribution in [2.45, 2.75) is 31.0 Å². The Morgan fingerprint density at radius 1 is 1.40 bits per heavy atom. The Hall–Kier alpha value is -0.960. The lowest BCUT2D eigenvalue weighted by Crippen LogP contribution is -2.31. The topological polar surface area (TPSA) is 85.1 Å². The molecule has 0 fully saturated rings. The molecular formula is C11H14ClN3O3S2. The maximum Gasteiger partial charge on any atom is 0.250 e. The van der Waals surface area contributed by atoms with E-state index in [0.29, 0.717) is 10.2 Å². The third-order valence-corrected chi connectivity index (χ3v) is 5.74. The quantitative estimate of drug-likeness (QED) is 0.908. The zero-order chi connectivity index (χ0) is 14.9. The van der Waals surface area contributed by atoms with Crippen LogP contribution < -0.4 is 4.72 Å². The molecule has 2 rings (SSSR count). The highest BCUT2D eigenvalue weighted by Gasteiger charge is 2.29. The number of nitrogens with zero attached hydrogens (tertiary/aromatic N) is 2. The summed E-state index contributed by atoms with van der Waals surface area (Å²) in [6, 6.07) is 2.43. The van der Waals surface area contributed by atoms with Gasteiger partial charge in [0.05, 0.1) is 4.34 Å². The maximum absolute atomic E-state index is 12.3. The van der Waals surface area contributed by atoms with Crippen molar-refractivity contribution in [1.29, 1.82) is 0 Å². The summed E-state index contributed by atoms with van der Waals surface area (Å²) in [6.45, 7) is 5.42. The first-order chi connectivity index (χ1) is 9.29. The van der Waals surface area contributed by atoms with Crippen LogP contribution in [0.25, 0.3) is 0 Å². The maximum atomic E-state index is 12.3. The van der Waals surface area contributed by atoms with Gasteiger partial charge >= 0.3 is 0 Å². The summed E-state index contributed by atoms with van der Waals surface area (Å²) in [5.41, 5.74) is 0. The lowest BCUT2D eigenvalue weighted by Gasteiger charge is -2.17. The minimum Gasteiger partial charge on any atom is -0.338 e. The zero-order valence-corrected chi connectivity index (χ0v) is 13.5. The van der Waals surface area contributed by atoms with Crippen molar-refractivity contribution in [3.05, 3.63) is 28.2 Å². The molecule has 0 bridgehead atoms. The molecular weight excluding hydrogens is 322 g/mol. The van der Waals surface area contributed by atoms with Crippen molar-refractivity contribution in [3.63, 3.8) is 0 Å². The van der Waals surface area contributed by atoms with Gasteiger partial charge in [0, 0.05) is 0 Å². The van der Waals surface area contributed by atoms with Gasteiger partial charge in [-0.1, -0.05) is 30.6 Å². The van der Waals surface area contributed by atoms with Crippen LogP contribution in [0.4, 0.5) is 0 Å². The van der Waals surface area contributed by atoms with Gasteiger partial charge in [0.1, 0.15) is 10.3 Å². The smallest absolute Gasteiger partial charge is 0.250 e. The molecule has 6 nitrogen and oxygen atoms in total. The summed E-state index contributed by atoms with van der Waals surface area (Å²) in [5, 5.41) is 3.69. The molecule has 1 N–H and O–H groups in total. The van der Waals surface area contributed by atoms with Crippen molar-refractivity contribution < 1.29 is 12.9 Å². The Balaban J connectivity index is 2.29. The SMILES string of the molecule is Cc1noc([C@@H](NS(=O)(=O)c2ccc(Cl)s2)C(C)C)n1. The van der Waals surface area contributed by atoms with Crippen LogP contribution in [-0.4, -0.2) is 18.6 Å². The van der Waals surface area contributed by atoms with E-state index in [1.165, 1.54) is 6.07 Å². The lowest BCUT2D eigenvalue weighted by atomic mass is 10.1.